The molecule has 0 amide bonds. The Balaban J connectivity index is 2.07. The van der Waals surface area contributed by atoms with E-state index in [4.69, 9.17) is 10.5 Å². The maximum atomic E-state index is 5.95. The highest BCUT2D eigenvalue weighted by atomic mass is 32.1. The molecule has 1 aromatic heterocycles. The molecule has 0 aliphatic rings. The minimum Gasteiger partial charge on any atom is -0.381 e. The van der Waals surface area contributed by atoms with Crippen molar-refractivity contribution in [1.82, 2.24) is 4.98 Å². The molecule has 2 N–H and O–H groups in total. The van der Waals surface area contributed by atoms with Crippen LogP contribution in [0.15, 0.2) is 11.7 Å². The smallest absolute Gasteiger partial charge is 0.0794 e. The number of nitrogens with two attached hydrogens (primary N) is 1. The highest BCUT2D eigenvalue weighted by Crippen LogP contribution is 2.09. The molecule has 1 heterocycles. The number of nitrogens with zero attached hydrogens (tertiary/aromatic N) is 1. The van der Waals surface area contributed by atoms with Gasteiger partial charge in [-0.3, -0.25) is 4.98 Å². The Labute approximate surface area is 89.3 Å². The number of rotatable bonds is 7. The van der Waals surface area contributed by atoms with Crippen LogP contribution in [-0.2, 0) is 11.2 Å². The Kier molecular flexibility index (Phi) is 5.75. The van der Waals surface area contributed by atoms with Gasteiger partial charge in [-0.25, -0.2) is 0 Å². The number of hydrogen-bond donors (Lipinski definition) is 1. The lowest BCUT2D eigenvalue weighted by Crippen LogP contribution is -2.24. The van der Waals surface area contributed by atoms with E-state index >= 15 is 0 Å². The largest absolute Gasteiger partial charge is 0.381 e. The molecular formula is C10H18N2OS. The second-order valence-electron chi connectivity index (χ2n) is 3.33. The monoisotopic (exact) mass is 214 g/mol. The standard InChI is InChI=1S/C10H18N2OS/c1-2-4-13-5-3-9(11)6-10-7-12-8-14-10/h7-9H,2-6,11H2,1H3. The first kappa shape index (κ1) is 11.6. The highest BCUT2D eigenvalue weighted by molar-refractivity contribution is 7.09. The molecule has 80 valence electrons. The molecule has 3 nitrogen and oxygen atoms in total. The van der Waals surface area contributed by atoms with Crippen LogP contribution in [-0.4, -0.2) is 24.2 Å². The molecule has 0 saturated carbocycles. The number of ether oxygens (including phenoxy) is 1. The first-order valence-corrected chi connectivity index (χ1v) is 5.91. The van der Waals surface area contributed by atoms with Crippen molar-refractivity contribution in [2.24, 2.45) is 5.73 Å². The van der Waals surface area contributed by atoms with Gasteiger partial charge in [0.15, 0.2) is 0 Å². The molecule has 0 fully saturated rings. The minimum absolute atomic E-state index is 0.201. The summed E-state index contributed by atoms with van der Waals surface area (Å²) in [4.78, 5) is 5.27. The third-order valence-corrected chi connectivity index (χ3v) is 2.73. The Morgan fingerprint density at radius 2 is 2.43 bits per heavy atom. The molecule has 4 heteroatoms. The number of aromatic nitrogens is 1. The molecule has 0 saturated heterocycles. The molecule has 0 aromatic carbocycles. The molecule has 14 heavy (non-hydrogen) atoms. The predicted octanol–water partition coefficient (Wildman–Crippen LogP) is 1.83. The zero-order valence-electron chi connectivity index (χ0n) is 8.61. The van der Waals surface area contributed by atoms with Crippen LogP contribution in [0.3, 0.4) is 0 Å². The quantitative estimate of drug-likeness (QED) is 0.704. The average Bonchev–Trinajstić information content (AvgIpc) is 2.65. The van der Waals surface area contributed by atoms with Crippen molar-refractivity contribution < 1.29 is 4.74 Å². The van der Waals surface area contributed by atoms with E-state index in [1.165, 1.54) is 4.88 Å². The Hall–Kier alpha value is -0.450. The lowest BCUT2D eigenvalue weighted by molar-refractivity contribution is 0.128. The summed E-state index contributed by atoms with van der Waals surface area (Å²) >= 11 is 1.66. The van der Waals surface area contributed by atoms with Gasteiger partial charge in [-0.2, -0.15) is 0 Å². The van der Waals surface area contributed by atoms with Crippen LogP contribution < -0.4 is 5.73 Å². The van der Waals surface area contributed by atoms with Gasteiger partial charge >= 0.3 is 0 Å². The van der Waals surface area contributed by atoms with Crippen molar-refractivity contribution in [1.29, 1.82) is 0 Å². The van der Waals surface area contributed by atoms with Crippen LogP contribution in [0.4, 0.5) is 0 Å². The van der Waals surface area contributed by atoms with Crippen LogP contribution in [0.5, 0.6) is 0 Å². The van der Waals surface area contributed by atoms with E-state index in [9.17, 15) is 0 Å². The average molecular weight is 214 g/mol. The molecule has 1 atom stereocenters. The van der Waals surface area contributed by atoms with Gasteiger partial charge in [0.2, 0.25) is 0 Å². The van der Waals surface area contributed by atoms with Crippen LogP contribution in [0, 0.1) is 0 Å². The summed E-state index contributed by atoms with van der Waals surface area (Å²) in [5, 5.41) is 0. The van der Waals surface area contributed by atoms with Crippen molar-refractivity contribution >= 4 is 11.3 Å². The van der Waals surface area contributed by atoms with Crippen LogP contribution in [0.2, 0.25) is 0 Å². The maximum absolute atomic E-state index is 5.95. The number of thiazole rings is 1. The van der Waals surface area contributed by atoms with Crippen molar-refractivity contribution in [2.75, 3.05) is 13.2 Å². The minimum atomic E-state index is 0.201. The molecule has 1 unspecified atom stereocenters. The SMILES string of the molecule is CCCOCCC(N)Cc1cncs1. The predicted molar refractivity (Wildman–Crippen MR) is 59.5 cm³/mol. The zero-order chi connectivity index (χ0) is 10.2. The van der Waals surface area contributed by atoms with Gasteiger partial charge in [0.25, 0.3) is 0 Å². The van der Waals surface area contributed by atoms with Gasteiger partial charge in [0.1, 0.15) is 0 Å². The fourth-order valence-corrected chi connectivity index (χ4v) is 1.87. The highest BCUT2D eigenvalue weighted by Gasteiger charge is 2.04. The fraction of sp³-hybridized carbons (Fsp3) is 0.700. The second-order valence-corrected chi connectivity index (χ2v) is 4.30. The zero-order valence-corrected chi connectivity index (χ0v) is 9.43. The van der Waals surface area contributed by atoms with E-state index in [1.807, 2.05) is 11.7 Å². The summed E-state index contributed by atoms with van der Waals surface area (Å²) in [6.45, 7) is 3.72. The van der Waals surface area contributed by atoms with Crippen molar-refractivity contribution in [2.45, 2.75) is 32.2 Å². The van der Waals surface area contributed by atoms with E-state index in [0.29, 0.717) is 0 Å². The van der Waals surface area contributed by atoms with E-state index in [-0.39, 0.29) is 6.04 Å². The lowest BCUT2D eigenvalue weighted by Gasteiger charge is -2.09. The van der Waals surface area contributed by atoms with E-state index < -0.39 is 0 Å². The first-order valence-electron chi connectivity index (χ1n) is 5.03. The summed E-state index contributed by atoms with van der Waals surface area (Å²) in [5.41, 5.74) is 7.79. The van der Waals surface area contributed by atoms with E-state index in [2.05, 4.69) is 11.9 Å². The molecule has 0 aliphatic carbocycles. The molecule has 1 rings (SSSR count). The molecular weight excluding hydrogens is 196 g/mol. The molecule has 0 radical (unpaired) electrons. The summed E-state index contributed by atoms with van der Waals surface area (Å²) in [7, 11) is 0. The van der Waals surface area contributed by atoms with Crippen LogP contribution in [0.25, 0.3) is 0 Å². The molecule has 0 bridgehead atoms. The van der Waals surface area contributed by atoms with Gasteiger partial charge in [-0.1, -0.05) is 6.92 Å². The van der Waals surface area contributed by atoms with Gasteiger partial charge in [0.05, 0.1) is 5.51 Å². The molecule has 0 spiro atoms. The molecule has 1 aromatic rings. The summed E-state index contributed by atoms with van der Waals surface area (Å²) in [6, 6.07) is 0.201. The summed E-state index contributed by atoms with van der Waals surface area (Å²) in [5.74, 6) is 0. The fourth-order valence-electron chi connectivity index (χ4n) is 1.18. The summed E-state index contributed by atoms with van der Waals surface area (Å²) in [6.07, 6.45) is 4.81. The lowest BCUT2D eigenvalue weighted by atomic mass is 10.1. The molecule has 0 aliphatic heterocycles. The van der Waals surface area contributed by atoms with E-state index in [0.717, 1.165) is 32.5 Å². The van der Waals surface area contributed by atoms with Crippen molar-refractivity contribution in [3.8, 4) is 0 Å². The second kappa shape index (κ2) is 6.92. The van der Waals surface area contributed by atoms with Crippen LogP contribution in [0.1, 0.15) is 24.6 Å². The van der Waals surface area contributed by atoms with Gasteiger partial charge in [0, 0.05) is 30.3 Å². The Morgan fingerprint density at radius 3 is 3.07 bits per heavy atom. The van der Waals surface area contributed by atoms with Gasteiger partial charge in [-0.05, 0) is 19.3 Å². The van der Waals surface area contributed by atoms with Crippen molar-refractivity contribution in [3.63, 3.8) is 0 Å². The third-order valence-electron chi connectivity index (χ3n) is 1.93. The van der Waals surface area contributed by atoms with Crippen LogP contribution >= 0.6 is 11.3 Å². The Morgan fingerprint density at radius 1 is 1.57 bits per heavy atom. The first-order chi connectivity index (χ1) is 6.83. The number of hydrogen-bond acceptors (Lipinski definition) is 4. The normalized spacial score (nSPS) is 13.0. The topological polar surface area (TPSA) is 48.1 Å². The van der Waals surface area contributed by atoms with Gasteiger partial charge < -0.3 is 10.5 Å². The van der Waals surface area contributed by atoms with E-state index in [1.54, 1.807) is 11.3 Å². The maximum Gasteiger partial charge on any atom is 0.0794 e. The van der Waals surface area contributed by atoms with Gasteiger partial charge in [-0.15, -0.1) is 11.3 Å². The third kappa shape index (κ3) is 4.69. The summed E-state index contributed by atoms with van der Waals surface area (Å²) < 4.78 is 5.38. The van der Waals surface area contributed by atoms with Crippen molar-refractivity contribution in [3.05, 3.63) is 16.6 Å². The Bertz CT molecular complexity index is 226.